The fourth-order valence-corrected chi connectivity index (χ4v) is 1.95. The summed E-state index contributed by atoms with van der Waals surface area (Å²) in [5.74, 6) is -0.612. The molecule has 5 heteroatoms. The Morgan fingerprint density at radius 1 is 1.16 bits per heavy atom. The Hall–Kier alpha value is -1.88. The molecule has 2 rings (SSSR count). The summed E-state index contributed by atoms with van der Waals surface area (Å²) in [6, 6.07) is 13.5. The maximum atomic E-state index is 13.3. The van der Waals surface area contributed by atoms with Gasteiger partial charge in [0, 0.05) is 10.2 Å². The SMILES string of the molecule is O=C(CNc1ccccc1F)Nc1cccc(Br)c1. The maximum absolute atomic E-state index is 13.3. The molecular formula is C14H12BrFN2O. The molecule has 0 heterocycles. The van der Waals surface area contributed by atoms with Crippen LogP contribution in [0, 0.1) is 5.82 Å². The predicted octanol–water partition coefficient (Wildman–Crippen LogP) is 3.64. The van der Waals surface area contributed by atoms with Gasteiger partial charge in [0.25, 0.3) is 0 Å². The van der Waals surface area contributed by atoms with Gasteiger partial charge in [-0.3, -0.25) is 4.79 Å². The Morgan fingerprint density at radius 3 is 2.68 bits per heavy atom. The smallest absolute Gasteiger partial charge is 0.243 e. The summed E-state index contributed by atoms with van der Waals surface area (Å²) in [6.45, 7) is 0.00739. The number of rotatable bonds is 4. The van der Waals surface area contributed by atoms with Gasteiger partial charge in [0.1, 0.15) is 5.82 Å². The van der Waals surface area contributed by atoms with Crippen molar-refractivity contribution in [3.8, 4) is 0 Å². The van der Waals surface area contributed by atoms with E-state index in [1.807, 2.05) is 12.1 Å². The molecule has 2 N–H and O–H groups in total. The van der Waals surface area contributed by atoms with Gasteiger partial charge in [-0.15, -0.1) is 0 Å². The van der Waals surface area contributed by atoms with E-state index in [2.05, 4.69) is 26.6 Å². The summed E-state index contributed by atoms with van der Waals surface area (Å²) in [6.07, 6.45) is 0. The molecule has 0 spiro atoms. The molecular weight excluding hydrogens is 311 g/mol. The Bertz CT molecular complexity index is 589. The summed E-state index contributed by atoms with van der Waals surface area (Å²) in [4.78, 5) is 11.7. The van der Waals surface area contributed by atoms with Crippen LogP contribution < -0.4 is 10.6 Å². The molecule has 0 saturated carbocycles. The quantitative estimate of drug-likeness (QED) is 0.902. The Labute approximate surface area is 119 Å². The van der Waals surface area contributed by atoms with Gasteiger partial charge < -0.3 is 10.6 Å². The Balaban J connectivity index is 1.90. The van der Waals surface area contributed by atoms with E-state index in [1.165, 1.54) is 6.07 Å². The third-order valence-electron chi connectivity index (χ3n) is 2.42. The van der Waals surface area contributed by atoms with Crippen molar-refractivity contribution in [3.05, 3.63) is 58.8 Å². The number of hydrogen-bond acceptors (Lipinski definition) is 2. The number of hydrogen-bond donors (Lipinski definition) is 2. The van der Waals surface area contributed by atoms with Gasteiger partial charge in [0.05, 0.1) is 12.2 Å². The van der Waals surface area contributed by atoms with E-state index in [0.717, 1.165) is 4.47 Å². The van der Waals surface area contributed by atoms with Crippen molar-refractivity contribution in [1.82, 2.24) is 0 Å². The topological polar surface area (TPSA) is 41.1 Å². The second-order valence-electron chi connectivity index (χ2n) is 3.89. The van der Waals surface area contributed by atoms with Crippen molar-refractivity contribution >= 4 is 33.2 Å². The molecule has 2 aromatic rings. The zero-order valence-corrected chi connectivity index (χ0v) is 11.6. The zero-order valence-electron chi connectivity index (χ0n) is 9.99. The molecule has 0 saturated heterocycles. The van der Waals surface area contributed by atoms with Gasteiger partial charge in [-0.05, 0) is 30.3 Å². The van der Waals surface area contributed by atoms with Crippen LogP contribution in [0.2, 0.25) is 0 Å². The number of amides is 1. The molecule has 3 nitrogen and oxygen atoms in total. The number of nitrogens with one attached hydrogen (secondary N) is 2. The lowest BCUT2D eigenvalue weighted by Crippen LogP contribution is -2.22. The average molecular weight is 323 g/mol. The minimum absolute atomic E-state index is 0.00739. The molecule has 98 valence electrons. The first kappa shape index (κ1) is 13.5. The zero-order chi connectivity index (χ0) is 13.7. The van der Waals surface area contributed by atoms with Crippen LogP contribution in [0.25, 0.3) is 0 Å². The highest BCUT2D eigenvalue weighted by Crippen LogP contribution is 2.16. The van der Waals surface area contributed by atoms with Crippen molar-refractivity contribution in [2.45, 2.75) is 0 Å². The third-order valence-corrected chi connectivity index (χ3v) is 2.91. The van der Waals surface area contributed by atoms with Crippen LogP contribution in [0.1, 0.15) is 0 Å². The lowest BCUT2D eigenvalue weighted by Gasteiger charge is -2.08. The molecule has 0 unspecified atom stereocenters. The van der Waals surface area contributed by atoms with Gasteiger partial charge in [0.2, 0.25) is 5.91 Å². The highest BCUT2D eigenvalue weighted by molar-refractivity contribution is 9.10. The molecule has 0 fully saturated rings. The predicted molar refractivity (Wildman–Crippen MR) is 77.7 cm³/mol. The number of carbonyl (C=O) groups excluding carboxylic acids is 1. The van der Waals surface area contributed by atoms with Crippen LogP contribution in [0.4, 0.5) is 15.8 Å². The van der Waals surface area contributed by atoms with Gasteiger partial charge in [-0.1, -0.05) is 34.1 Å². The second kappa shape index (κ2) is 6.33. The van der Waals surface area contributed by atoms with Crippen LogP contribution in [0.5, 0.6) is 0 Å². The Morgan fingerprint density at radius 2 is 1.95 bits per heavy atom. The van der Waals surface area contributed by atoms with E-state index in [-0.39, 0.29) is 18.3 Å². The van der Waals surface area contributed by atoms with E-state index < -0.39 is 0 Å². The minimum atomic E-state index is -0.377. The van der Waals surface area contributed by atoms with Gasteiger partial charge >= 0.3 is 0 Å². The standard InChI is InChI=1S/C14H12BrFN2O/c15-10-4-3-5-11(8-10)18-14(19)9-17-13-7-2-1-6-12(13)16/h1-8,17H,9H2,(H,18,19). The second-order valence-corrected chi connectivity index (χ2v) is 4.81. The fraction of sp³-hybridized carbons (Fsp3) is 0.0714. The van der Waals surface area contributed by atoms with E-state index in [9.17, 15) is 9.18 Å². The first-order valence-corrected chi connectivity index (χ1v) is 6.48. The maximum Gasteiger partial charge on any atom is 0.243 e. The summed E-state index contributed by atoms with van der Waals surface area (Å²) in [5, 5.41) is 5.47. The Kier molecular flexibility index (Phi) is 4.52. The molecule has 1 amide bonds. The van der Waals surface area contributed by atoms with Crippen molar-refractivity contribution in [3.63, 3.8) is 0 Å². The van der Waals surface area contributed by atoms with Gasteiger partial charge in [0.15, 0.2) is 0 Å². The monoisotopic (exact) mass is 322 g/mol. The summed E-state index contributed by atoms with van der Waals surface area (Å²) in [7, 11) is 0. The molecule has 19 heavy (non-hydrogen) atoms. The van der Waals surface area contributed by atoms with Crippen LogP contribution >= 0.6 is 15.9 Å². The van der Waals surface area contributed by atoms with Crippen molar-refractivity contribution in [2.24, 2.45) is 0 Å². The van der Waals surface area contributed by atoms with E-state index in [0.29, 0.717) is 11.4 Å². The highest BCUT2D eigenvalue weighted by Gasteiger charge is 2.04. The third kappa shape index (κ3) is 4.06. The molecule has 0 aliphatic rings. The van der Waals surface area contributed by atoms with Crippen molar-refractivity contribution in [2.75, 3.05) is 17.2 Å². The number of halogens is 2. The van der Waals surface area contributed by atoms with Crippen LogP contribution in [0.15, 0.2) is 53.0 Å². The molecule has 0 bridgehead atoms. The van der Waals surface area contributed by atoms with Gasteiger partial charge in [-0.25, -0.2) is 4.39 Å². The van der Waals surface area contributed by atoms with Crippen LogP contribution in [0.3, 0.4) is 0 Å². The molecule has 0 aromatic heterocycles. The van der Waals surface area contributed by atoms with Crippen molar-refractivity contribution in [1.29, 1.82) is 0 Å². The average Bonchev–Trinajstić information content (AvgIpc) is 2.38. The number of para-hydroxylation sites is 1. The van der Waals surface area contributed by atoms with Gasteiger partial charge in [-0.2, -0.15) is 0 Å². The van der Waals surface area contributed by atoms with E-state index >= 15 is 0 Å². The van der Waals surface area contributed by atoms with E-state index in [1.54, 1.807) is 30.3 Å². The van der Waals surface area contributed by atoms with Crippen LogP contribution in [-0.4, -0.2) is 12.5 Å². The summed E-state index contributed by atoms with van der Waals surface area (Å²) >= 11 is 3.32. The fourth-order valence-electron chi connectivity index (χ4n) is 1.55. The molecule has 2 aromatic carbocycles. The largest absolute Gasteiger partial charge is 0.374 e. The number of benzene rings is 2. The normalized spacial score (nSPS) is 10.0. The highest BCUT2D eigenvalue weighted by atomic mass is 79.9. The number of carbonyl (C=O) groups is 1. The minimum Gasteiger partial charge on any atom is -0.374 e. The first-order valence-electron chi connectivity index (χ1n) is 5.69. The molecule has 0 aliphatic carbocycles. The molecule has 0 atom stereocenters. The van der Waals surface area contributed by atoms with E-state index in [4.69, 9.17) is 0 Å². The van der Waals surface area contributed by atoms with Crippen LogP contribution in [-0.2, 0) is 4.79 Å². The first-order chi connectivity index (χ1) is 9.15. The molecule has 0 aliphatic heterocycles. The lowest BCUT2D eigenvalue weighted by molar-refractivity contribution is -0.114. The molecule has 0 radical (unpaired) electrons. The summed E-state index contributed by atoms with van der Waals surface area (Å²) < 4.78 is 14.2. The summed E-state index contributed by atoms with van der Waals surface area (Å²) in [5.41, 5.74) is 1.00. The number of anilines is 2. The van der Waals surface area contributed by atoms with Crippen molar-refractivity contribution < 1.29 is 9.18 Å². The lowest BCUT2D eigenvalue weighted by atomic mass is 10.3.